The number of halogens is 1. The molecule has 0 bridgehead atoms. The summed E-state index contributed by atoms with van der Waals surface area (Å²) in [6.07, 6.45) is 1.92. The zero-order valence-electron chi connectivity index (χ0n) is 13.4. The van der Waals surface area contributed by atoms with E-state index in [-0.39, 0.29) is 5.82 Å². The largest absolute Gasteiger partial charge is 0.357 e. The van der Waals surface area contributed by atoms with Gasteiger partial charge in [-0.25, -0.2) is 9.38 Å². The predicted molar refractivity (Wildman–Crippen MR) is 91.0 cm³/mol. The van der Waals surface area contributed by atoms with E-state index in [1.165, 1.54) is 12.1 Å². The number of aromatic nitrogens is 3. The van der Waals surface area contributed by atoms with Crippen LogP contribution in [0.3, 0.4) is 0 Å². The lowest BCUT2D eigenvalue weighted by atomic mass is 10.2. The number of hydrogen-bond acceptors (Lipinski definition) is 3. The van der Waals surface area contributed by atoms with Crippen LogP contribution in [-0.4, -0.2) is 27.1 Å². The lowest BCUT2D eigenvalue weighted by Gasteiger charge is -2.10. The van der Waals surface area contributed by atoms with Crippen LogP contribution in [0.2, 0.25) is 0 Å². The Balaban J connectivity index is 1.68. The fraction of sp³-hybridized carbons (Fsp3) is 0.235. The Hall–Kier alpha value is -2.96. The monoisotopic (exact) mass is 326 g/mol. The first-order valence-corrected chi connectivity index (χ1v) is 7.81. The Morgan fingerprint density at radius 1 is 1.17 bits per heavy atom. The third-order valence-corrected chi connectivity index (χ3v) is 3.45. The summed E-state index contributed by atoms with van der Waals surface area (Å²) < 4.78 is 15.1. The van der Waals surface area contributed by atoms with E-state index in [0.717, 1.165) is 23.6 Å². The van der Waals surface area contributed by atoms with Crippen LogP contribution in [0, 0.1) is 5.82 Å². The minimum absolute atomic E-state index is 0.254. The third-order valence-electron chi connectivity index (χ3n) is 3.45. The lowest BCUT2D eigenvalue weighted by molar-refractivity contribution is 0.625. The molecule has 3 rings (SSSR count). The lowest BCUT2D eigenvalue weighted by Crippen LogP contribution is -2.37. The zero-order valence-corrected chi connectivity index (χ0v) is 13.4. The van der Waals surface area contributed by atoms with Gasteiger partial charge in [-0.2, -0.15) is 0 Å². The first-order valence-electron chi connectivity index (χ1n) is 7.81. The summed E-state index contributed by atoms with van der Waals surface area (Å²) in [5.41, 5.74) is 1.62. The highest BCUT2D eigenvalue weighted by atomic mass is 19.1. The van der Waals surface area contributed by atoms with Crippen molar-refractivity contribution in [3.05, 3.63) is 65.9 Å². The van der Waals surface area contributed by atoms with Crippen molar-refractivity contribution >= 4 is 11.6 Å². The molecule has 0 fully saturated rings. The van der Waals surface area contributed by atoms with Gasteiger partial charge in [0.15, 0.2) is 17.4 Å². The molecule has 0 aliphatic rings. The Morgan fingerprint density at radius 3 is 2.92 bits per heavy atom. The van der Waals surface area contributed by atoms with Crippen LogP contribution in [-0.2, 0) is 13.1 Å². The zero-order chi connectivity index (χ0) is 16.8. The Kier molecular flexibility index (Phi) is 5.00. The average molecular weight is 326 g/mol. The summed E-state index contributed by atoms with van der Waals surface area (Å²) in [5, 5.41) is 14.7. The first-order chi connectivity index (χ1) is 11.8. The van der Waals surface area contributed by atoms with Crippen molar-refractivity contribution < 1.29 is 4.39 Å². The molecule has 2 aromatic heterocycles. The second kappa shape index (κ2) is 7.54. The number of guanidine groups is 1. The van der Waals surface area contributed by atoms with Gasteiger partial charge in [-0.05, 0) is 36.8 Å². The maximum atomic E-state index is 13.2. The van der Waals surface area contributed by atoms with E-state index < -0.39 is 0 Å². The molecule has 3 aromatic rings. The molecule has 1 aromatic carbocycles. The summed E-state index contributed by atoms with van der Waals surface area (Å²) >= 11 is 0. The predicted octanol–water partition coefficient (Wildman–Crippen LogP) is 2.12. The van der Waals surface area contributed by atoms with Gasteiger partial charge in [0.2, 0.25) is 0 Å². The molecule has 0 aliphatic carbocycles. The number of pyridine rings is 1. The maximum Gasteiger partial charge on any atom is 0.191 e. The highest BCUT2D eigenvalue weighted by molar-refractivity contribution is 5.79. The Bertz CT molecular complexity index is 842. The highest BCUT2D eigenvalue weighted by Crippen LogP contribution is 2.05. The standard InChI is InChI=1S/C17H19FN6/c1-2-19-17(20-11-13-6-5-7-14(18)10-13)21-12-16-23-22-15-8-3-4-9-24(15)16/h3-10H,2,11-12H2,1H3,(H2,19,20,21). The summed E-state index contributed by atoms with van der Waals surface area (Å²) in [7, 11) is 0. The van der Waals surface area contributed by atoms with Crippen LogP contribution in [0.15, 0.2) is 53.7 Å². The van der Waals surface area contributed by atoms with E-state index in [2.05, 4.69) is 25.8 Å². The van der Waals surface area contributed by atoms with E-state index in [1.54, 1.807) is 6.07 Å². The van der Waals surface area contributed by atoms with Gasteiger partial charge in [-0.3, -0.25) is 4.40 Å². The molecule has 2 heterocycles. The van der Waals surface area contributed by atoms with Crippen LogP contribution in [0.1, 0.15) is 18.3 Å². The van der Waals surface area contributed by atoms with E-state index in [1.807, 2.05) is 41.8 Å². The number of hydrogen-bond donors (Lipinski definition) is 2. The van der Waals surface area contributed by atoms with Crippen molar-refractivity contribution in [2.75, 3.05) is 6.54 Å². The van der Waals surface area contributed by atoms with Gasteiger partial charge in [0.05, 0.1) is 13.1 Å². The van der Waals surface area contributed by atoms with Gasteiger partial charge >= 0.3 is 0 Å². The maximum absolute atomic E-state index is 13.2. The van der Waals surface area contributed by atoms with Crippen molar-refractivity contribution in [3.63, 3.8) is 0 Å². The molecule has 7 heteroatoms. The van der Waals surface area contributed by atoms with Crippen molar-refractivity contribution in [1.29, 1.82) is 0 Å². The quantitative estimate of drug-likeness (QED) is 0.557. The number of nitrogens with one attached hydrogen (secondary N) is 2. The summed E-state index contributed by atoms with van der Waals surface area (Å²) in [4.78, 5) is 4.47. The number of rotatable bonds is 5. The normalized spacial score (nSPS) is 11.7. The average Bonchev–Trinajstić information content (AvgIpc) is 3.01. The molecule has 0 aliphatic heterocycles. The molecule has 0 unspecified atom stereocenters. The van der Waals surface area contributed by atoms with E-state index in [0.29, 0.717) is 19.0 Å². The van der Waals surface area contributed by atoms with Crippen molar-refractivity contribution in [2.24, 2.45) is 4.99 Å². The van der Waals surface area contributed by atoms with E-state index in [9.17, 15) is 4.39 Å². The molecule has 124 valence electrons. The molecular weight excluding hydrogens is 307 g/mol. The molecule has 2 N–H and O–H groups in total. The van der Waals surface area contributed by atoms with Crippen molar-refractivity contribution in [1.82, 2.24) is 25.2 Å². The smallest absolute Gasteiger partial charge is 0.191 e. The number of nitrogens with zero attached hydrogens (tertiary/aromatic N) is 4. The highest BCUT2D eigenvalue weighted by Gasteiger charge is 2.05. The summed E-state index contributed by atoms with van der Waals surface area (Å²) in [6, 6.07) is 12.2. The van der Waals surface area contributed by atoms with E-state index in [4.69, 9.17) is 0 Å². The summed E-state index contributed by atoms with van der Waals surface area (Å²) in [5.74, 6) is 1.19. The van der Waals surface area contributed by atoms with Gasteiger partial charge in [0, 0.05) is 12.7 Å². The number of aliphatic imine (C=N–C) groups is 1. The summed E-state index contributed by atoms with van der Waals surface area (Å²) in [6.45, 7) is 3.61. The topological polar surface area (TPSA) is 66.6 Å². The van der Waals surface area contributed by atoms with Gasteiger partial charge in [-0.1, -0.05) is 18.2 Å². The number of benzene rings is 1. The fourth-order valence-electron chi connectivity index (χ4n) is 2.32. The number of fused-ring (bicyclic) bond motifs is 1. The van der Waals surface area contributed by atoms with Gasteiger partial charge < -0.3 is 10.6 Å². The molecule has 24 heavy (non-hydrogen) atoms. The molecule has 0 saturated heterocycles. The van der Waals surface area contributed by atoms with Gasteiger partial charge in [0.25, 0.3) is 0 Å². The molecule has 6 nitrogen and oxygen atoms in total. The van der Waals surface area contributed by atoms with Crippen LogP contribution in [0.5, 0.6) is 0 Å². The molecule has 0 atom stereocenters. The third kappa shape index (κ3) is 3.87. The second-order valence-corrected chi connectivity index (χ2v) is 5.22. The van der Waals surface area contributed by atoms with Crippen LogP contribution in [0.25, 0.3) is 5.65 Å². The molecule has 0 radical (unpaired) electrons. The Morgan fingerprint density at radius 2 is 2.08 bits per heavy atom. The molecule has 0 saturated carbocycles. The van der Waals surface area contributed by atoms with Crippen LogP contribution >= 0.6 is 0 Å². The minimum atomic E-state index is -0.254. The van der Waals surface area contributed by atoms with Gasteiger partial charge in [-0.15, -0.1) is 10.2 Å². The fourth-order valence-corrected chi connectivity index (χ4v) is 2.32. The van der Waals surface area contributed by atoms with Gasteiger partial charge in [0.1, 0.15) is 5.82 Å². The molecule has 0 amide bonds. The first kappa shape index (κ1) is 15.9. The van der Waals surface area contributed by atoms with Crippen LogP contribution in [0.4, 0.5) is 4.39 Å². The SMILES string of the molecule is CCNC(=NCc1cccc(F)c1)NCc1nnc2ccccn12. The van der Waals surface area contributed by atoms with Crippen LogP contribution < -0.4 is 10.6 Å². The second-order valence-electron chi connectivity index (χ2n) is 5.22. The van der Waals surface area contributed by atoms with E-state index >= 15 is 0 Å². The molecule has 0 spiro atoms. The van der Waals surface area contributed by atoms with Crippen molar-refractivity contribution in [2.45, 2.75) is 20.0 Å². The molecular formula is C17H19FN6. The van der Waals surface area contributed by atoms with Crippen molar-refractivity contribution in [3.8, 4) is 0 Å². The Labute approximate surface area is 139 Å². The minimum Gasteiger partial charge on any atom is -0.357 e.